The van der Waals surface area contributed by atoms with E-state index in [-0.39, 0.29) is 24.4 Å². The quantitative estimate of drug-likeness (QED) is 0.843. The monoisotopic (exact) mass is 392 g/mol. The molecule has 0 aliphatic carbocycles. The first-order valence-corrected chi connectivity index (χ1v) is 8.84. The van der Waals surface area contributed by atoms with Crippen molar-refractivity contribution in [1.29, 1.82) is 0 Å². The van der Waals surface area contributed by atoms with Gasteiger partial charge in [0.05, 0.1) is 5.02 Å². The Labute approximate surface area is 159 Å². The number of benzene rings is 1. The molecule has 0 spiro atoms. The Balaban J connectivity index is 0.00000208. The van der Waals surface area contributed by atoms with E-state index in [0.29, 0.717) is 27.9 Å². The lowest BCUT2D eigenvalue weighted by atomic mass is 9.98. The fraction of sp³-hybridized carbons (Fsp3) is 0.588. The van der Waals surface area contributed by atoms with Gasteiger partial charge in [-0.2, -0.15) is 0 Å². The molecule has 1 amide bonds. The average Bonchev–Trinajstić information content (AvgIpc) is 2.88. The van der Waals surface area contributed by atoms with Gasteiger partial charge in [-0.15, -0.1) is 12.4 Å². The van der Waals surface area contributed by atoms with E-state index < -0.39 is 6.10 Å². The number of hydrogen-bond donors (Lipinski definition) is 1. The third kappa shape index (κ3) is 4.10. The number of carbonyl (C=O) groups excluding carboxylic acids is 1. The minimum atomic E-state index is -0.594. The molecule has 4 nitrogen and oxygen atoms in total. The number of amides is 1. The lowest BCUT2D eigenvalue weighted by Crippen LogP contribution is -2.51. The van der Waals surface area contributed by atoms with Gasteiger partial charge in [0.2, 0.25) is 0 Å². The Morgan fingerprint density at radius 1 is 1.29 bits per heavy atom. The van der Waals surface area contributed by atoms with Crippen LogP contribution < -0.4 is 10.1 Å². The molecule has 134 valence electrons. The number of nitrogens with zero attached hydrogens (tertiary/aromatic N) is 1. The van der Waals surface area contributed by atoms with Crippen LogP contribution >= 0.6 is 35.6 Å². The zero-order valence-corrected chi connectivity index (χ0v) is 16.1. The maximum absolute atomic E-state index is 12.7. The van der Waals surface area contributed by atoms with Crippen molar-refractivity contribution in [3.63, 3.8) is 0 Å². The van der Waals surface area contributed by atoms with Crippen LogP contribution in [-0.4, -0.2) is 42.1 Å². The zero-order chi connectivity index (χ0) is 16.6. The minimum absolute atomic E-state index is 0. The smallest absolute Gasteiger partial charge is 0.263 e. The van der Waals surface area contributed by atoms with Crippen LogP contribution in [0.4, 0.5) is 0 Å². The van der Waals surface area contributed by atoms with Gasteiger partial charge < -0.3 is 15.0 Å². The molecule has 2 aliphatic rings. The Kier molecular flexibility index (Phi) is 6.66. The minimum Gasteiger partial charge on any atom is -0.479 e. The van der Waals surface area contributed by atoms with Crippen LogP contribution in [0.1, 0.15) is 32.6 Å². The molecule has 1 aromatic carbocycles. The summed E-state index contributed by atoms with van der Waals surface area (Å²) in [6.07, 6.45) is 3.87. The molecule has 3 rings (SSSR count). The summed E-state index contributed by atoms with van der Waals surface area (Å²) >= 11 is 12.1. The molecule has 2 heterocycles. The summed E-state index contributed by atoms with van der Waals surface area (Å²) in [5.74, 6) is 0.422. The highest BCUT2D eigenvalue weighted by atomic mass is 35.5. The van der Waals surface area contributed by atoms with Crippen molar-refractivity contribution in [2.45, 2.75) is 56.8 Å². The van der Waals surface area contributed by atoms with Crippen molar-refractivity contribution >= 4 is 41.5 Å². The van der Waals surface area contributed by atoms with E-state index in [1.807, 2.05) is 11.9 Å². The van der Waals surface area contributed by atoms with Crippen LogP contribution in [0.15, 0.2) is 18.2 Å². The first kappa shape index (κ1) is 19.6. The van der Waals surface area contributed by atoms with Crippen molar-refractivity contribution in [3.05, 3.63) is 28.2 Å². The summed E-state index contributed by atoms with van der Waals surface area (Å²) in [6, 6.07) is 6.56. The number of rotatable bonds is 4. The van der Waals surface area contributed by atoms with Crippen LogP contribution in [0.2, 0.25) is 10.0 Å². The first-order valence-electron chi connectivity index (χ1n) is 8.09. The van der Waals surface area contributed by atoms with Gasteiger partial charge in [-0.25, -0.2) is 0 Å². The summed E-state index contributed by atoms with van der Waals surface area (Å²) in [6.45, 7) is 1.76. The zero-order valence-electron chi connectivity index (χ0n) is 13.8. The maximum Gasteiger partial charge on any atom is 0.263 e. The molecule has 0 aromatic heterocycles. The SMILES string of the molecule is CC(Oc1cccc(Cl)c1Cl)C(=O)N(C)C1CC2CCC(C1)N2.Cl. The van der Waals surface area contributed by atoms with E-state index in [2.05, 4.69) is 5.32 Å². The molecular formula is C17H23Cl3N2O2. The molecule has 3 atom stereocenters. The number of fused-ring (bicyclic) bond motifs is 2. The highest BCUT2D eigenvalue weighted by Gasteiger charge is 2.37. The fourth-order valence-corrected chi connectivity index (χ4v) is 3.96. The largest absolute Gasteiger partial charge is 0.479 e. The van der Waals surface area contributed by atoms with E-state index in [1.165, 1.54) is 12.8 Å². The molecule has 2 bridgehead atoms. The van der Waals surface area contributed by atoms with Crippen LogP contribution in [0, 0.1) is 0 Å². The summed E-state index contributed by atoms with van der Waals surface area (Å²) in [4.78, 5) is 14.5. The normalized spacial score (nSPS) is 26.4. The molecule has 3 unspecified atom stereocenters. The molecule has 0 radical (unpaired) electrons. The van der Waals surface area contributed by atoms with Gasteiger partial charge in [0.25, 0.3) is 5.91 Å². The number of halogens is 3. The molecule has 2 aliphatic heterocycles. The molecular weight excluding hydrogens is 371 g/mol. The van der Waals surface area contributed by atoms with E-state index in [1.54, 1.807) is 25.1 Å². The fourth-order valence-electron chi connectivity index (χ4n) is 3.63. The van der Waals surface area contributed by atoms with Gasteiger partial charge in [-0.05, 0) is 44.7 Å². The van der Waals surface area contributed by atoms with Crippen molar-refractivity contribution < 1.29 is 9.53 Å². The van der Waals surface area contributed by atoms with Crippen molar-refractivity contribution in [2.24, 2.45) is 0 Å². The molecule has 1 aromatic rings. The Hall–Kier alpha value is -0.680. The van der Waals surface area contributed by atoms with Gasteiger partial charge in [0, 0.05) is 25.2 Å². The second-order valence-electron chi connectivity index (χ2n) is 6.52. The lowest BCUT2D eigenvalue weighted by molar-refractivity contribution is -0.139. The van der Waals surface area contributed by atoms with Gasteiger partial charge in [0.1, 0.15) is 10.8 Å². The van der Waals surface area contributed by atoms with Gasteiger partial charge >= 0.3 is 0 Å². The third-order valence-corrected chi connectivity index (χ3v) is 5.71. The number of ether oxygens (including phenoxy) is 1. The Morgan fingerprint density at radius 3 is 2.54 bits per heavy atom. The number of carbonyl (C=O) groups is 1. The van der Waals surface area contributed by atoms with Crippen molar-refractivity contribution in [1.82, 2.24) is 10.2 Å². The number of nitrogens with one attached hydrogen (secondary N) is 1. The standard InChI is InChI=1S/C17H22Cl2N2O2.ClH/c1-10(23-15-5-3-4-14(18)16(15)19)17(22)21(2)13-8-11-6-7-12(9-13)20-11;/h3-5,10-13,20H,6-9H2,1-2H3;1H. The first-order chi connectivity index (χ1) is 11.0. The number of piperidine rings is 1. The maximum atomic E-state index is 12.7. The highest BCUT2D eigenvalue weighted by Crippen LogP contribution is 2.33. The summed E-state index contributed by atoms with van der Waals surface area (Å²) < 4.78 is 5.75. The van der Waals surface area contributed by atoms with E-state index in [4.69, 9.17) is 27.9 Å². The summed E-state index contributed by atoms with van der Waals surface area (Å²) in [5.41, 5.74) is 0. The lowest BCUT2D eigenvalue weighted by Gasteiger charge is -2.36. The van der Waals surface area contributed by atoms with Crippen molar-refractivity contribution in [3.8, 4) is 5.75 Å². The third-order valence-electron chi connectivity index (χ3n) is 4.91. The van der Waals surface area contributed by atoms with Crippen LogP contribution in [-0.2, 0) is 4.79 Å². The second kappa shape index (κ2) is 8.13. The molecule has 2 saturated heterocycles. The predicted octanol–water partition coefficient (Wildman–Crippen LogP) is 3.92. The van der Waals surface area contributed by atoms with Crippen LogP contribution in [0.3, 0.4) is 0 Å². The van der Waals surface area contributed by atoms with Gasteiger partial charge in [-0.3, -0.25) is 4.79 Å². The van der Waals surface area contributed by atoms with Crippen molar-refractivity contribution in [2.75, 3.05) is 7.05 Å². The van der Waals surface area contributed by atoms with E-state index >= 15 is 0 Å². The van der Waals surface area contributed by atoms with Gasteiger partial charge in [-0.1, -0.05) is 29.3 Å². The van der Waals surface area contributed by atoms with Gasteiger partial charge in [0.15, 0.2) is 6.10 Å². The molecule has 24 heavy (non-hydrogen) atoms. The number of likely N-dealkylation sites (N-methyl/N-ethyl adjacent to an activating group) is 1. The molecule has 0 saturated carbocycles. The predicted molar refractivity (Wildman–Crippen MR) is 99.5 cm³/mol. The molecule has 1 N–H and O–H groups in total. The topological polar surface area (TPSA) is 41.6 Å². The van der Waals surface area contributed by atoms with E-state index in [9.17, 15) is 4.79 Å². The second-order valence-corrected chi connectivity index (χ2v) is 7.31. The van der Waals surface area contributed by atoms with Crippen LogP contribution in [0.5, 0.6) is 5.75 Å². The van der Waals surface area contributed by atoms with E-state index in [0.717, 1.165) is 12.8 Å². The Bertz CT molecular complexity index is 587. The summed E-state index contributed by atoms with van der Waals surface area (Å²) in [5, 5.41) is 4.36. The average molecular weight is 394 g/mol. The Morgan fingerprint density at radius 2 is 1.92 bits per heavy atom. The molecule has 7 heteroatoms. The van der Waals surface area contributed by atoms with Crippen LogP contribution in [0.25, 0.3) is 0 Å². The molecule has 2 fully saturated rings. The number of hydrogen-bond acceptors (Lipinski definition) is 3. The summed E-state index contributed by atoms with van der Waals surface area (Å²) in [7, 11) is 1.87. The highest BCUT2D eigenvalue weighted by molar-refractivity contribution is 6.42.